The molecule has 0 atom stereocenters. The number of fused-ring (bicyclic) bond motifs is 1. The summed E-state index contributed by atoms with van der Waals surface area (Å²) < 4.78 is 28.4. The second kappa shape index (κ2) is 8.95. The molecule has 0 aromatic carbocycles. The molecule has 1 N–H and O–H groups in total. The Hall–Kier alpha value is -1.10. The van der Waals surface area contributed by atoms with Crippen LogP contribution in [-0.2, 0) is 19.6 Å². The van der Waals surface area contributed by atoms with Crippen LogP contribution in [0.2, 0.25) is 0 Å². The second-order valence-electron chi connectivity index (χ2n) is 7.87. The molecule has 0 bridgehead atoms. The van der Waals surface area contributed by atoms with Gasteiger partial charge in [0.1, 0.15) is 10.8 Å². The highest BCUT2D eigenvalue weighted by Crippen LogP contribution is 2.44. The van der Waals surface area contributed by atoms with Crippen molar-refractivity contribution >= 4 is 50.6 Å². The second-order valence-corrected chi connectivity index (χ2v) is 12.3. The summed E-state index contributed by atoms with van der Waals surface area (Å²) >= 11 is 2.57. The summed E-state index contributed by atoms with van der Waals surface area (Å²) in [7, 11) is -3.53. The summed E-state index contributed by atoms with van der Waals surface area (Å²) in [5.41, 5.74) is 0.560. The van der Waals surface area contributed by atoms with Crippen LogP contribution in [-0.4, -0.2) is 56.0 Å². The predicted molar refractivity (Wildman–Crippen MR) is 115 cm³/mol. The van der Waals surface area contributed by atoms with Crippen LogP contribution in [0.4, 0.5) is 5.69 Å². The van der Waals surface area contributed by atoms with Gasteiger partial charge in [-0.15, -0.1) is 23.1 Å². The van der Waals surface area contributed by atoms with Crippen LogP contribution in [0.15, 0.2) is 14.5 Å². The van der Waals surface area contributed by atoms with Crippen molar-refractivity contribution < 1.29 is 18.0 Å². The SMILES string of the molecule is O=C(CN1C(=O)CSc2sc(S(=O)(=O)N3CCCC3)cc21)NC1CCCCCC1. The lowest BCUT2D eigenvalue weighted by Gasteiger charge is -2.27. The standard InChI is InChI=1S/C19H27N3O4S3/c23-16(20-14-7-3-1-2-4-8-14)12-22-15-11-18(28-19(15)27-13-17(22)24)29(25,26)21-9-5-6-10-21/h11,14H,1-10,12-13H2,(H,20,23). The number of thiophene rings is 1. The highest BCUT2D eigenvalue weighted by atomic mass is 32.3. The lowest BCUT2D eigenvalue weighted by molar-refractivity contribution is -0.123. The molecule has 1 aromatic heterocycles. The Bertz CT molecular complexity index is 869. The van der Waals surface area contributed by atoms with E-state index in [0.29, 0.717) is 18.8 Å². The van der Waals surface area contributed by atoms with Gasteiger partial charge in [-0.1, -0.05) is 25.7 Å². The summed E-state index contributed by atoms with van der Waals surface area (Å²) in [6.07, 6.45) is 8.39. The Morgan fingerprint density at radius 1 is 1.10 bits per heavy atom. The monoisotopic (exact) mass is 457 g/mol. The molecule has 0 radical (unpaired) electrons. The quantitative estimate of drug-likeness (QED) is 0.687. The fraction of sp³-hybridized carbons (Fsp3) is 0.684. The molecule has 2 fully saturated rings. The molecule has 0 unspecified atom stereocenters. The summed E-state index contributed by atoms with van der Waals surface area (Å²) in [6.45, 7) is 1.04. The Morgan fingerprint density at radius 2 is 1.79 bits per heavy atom. The van der Waals surface area contributed by atoms with E-state index in [2.05, 4.69) is 5.32 Å². The third-order valence-electron chi connectivity index (χ3n) is 5.76. The molecule has 3 heterocycles. The van der Waals surface area contributed by atoms with E-state index in [4.69, 9.17) is 0 Å². The third-order valence-corrected chi connectivity index (χ3v) is 10.5. The molecule has 1 aliphatic carbocycles. The number of carbonyl (C=O) groups is 2. The van der Waals surface area contributed by atoms with Crippen LogP contribution < -0.4 is 10.2 Å². The van der Waals surface area contributed by atoms with Crippen LogP contribution in [0.5, 0.6) is 0 Å². The first-order valence-corrected chi connectivity index (χ1v) is 13.6. The minimum atomic E-state index is -3.53. The van der Waals surface area contributed by atoms with Crippen molar-refractivity contribution in [1.82, 2.24) is 9.62 Å². The molecule has 29 heavy (non-hydrogen) atoms. The molecule has 160 valence electrons. The molecule has 2 amide bonds. The number of anilines is 1. The van der Waals surface area contributed by atoms with Crippen molar-refractivity contribution in [3.8, 4) is 0 Å². The number of hydrogen-bond donors (Lipinski definition) is 1. The van der Waals surface area contributed by atoms with Crippen molar-refractivity contribution in [1.29, 1.82) is 0 Å². The maximum Gasteiger partial charge on any atom is 0.252 e. The number of thioether (sulfide) groups is 1. The minimum Gasteiger partial charge on any atom is -0.352 e. The molecule has 4 rings (SSSR count). The van der Waals surface area contributed by atoms with Crippen LogP contribution in [0.3, 0.4) is 0 Å². The predicted octanol–water partition coefficient (Wildman–Crippen LogP) is 2.81. The average molecular weight is 458 g/mol. The smallest absolute Gasteiger partial charge is 0.252 e. The maximum absolute atomic E-state index is 12.9. The highest BCUT2D eigenvalue weighted by molar-refractivity contribution is 8.02. The molecule has 1 aromatic rings. The zero-order valence-electron chi connectivity index (χ0n) is 16.4. The van der Waals surface area contributed by atoms with E-state index in [9.17, 15) is 18.0 Å². The van der Waals surface area contributed by atoms with Gasteiger partial charge in [0.25, 0.3) is 10.0 Å². The van der Waals surface area contributed by atoms with Crippen molar-refractivity contribution in [3.05, 3.63) is 6.07 Å². The van der Waals surface area contributed by atoms with Gasteiger partial charge in [0.2, 0.25) is 11.8 Å². The maximum atomic E-state index is 12.9. The van der Waals surface area contributed by atoms with Crippen molar-refractivity contribution in [2.45, 2.75) is 65.8 Å². The molecule has 1 saturated heterocycles. The lowest BCUT2D eigenvalue weighted by Crippen LogP contribution is -2.45. The van der Waals surface area contributed by atoms with Gasteiger partial charge in [0, 0.05) is 19.1 Å². The van der Waals surface area contributed by atoms with E-state index in [1.54, 1.807) is 6.07 Å². The first-order chi connectivity index (χ1) is 13.9. The van der Waals surface area contributed by atoms with E-state index in [0.717, 1.165) is 42.7 Å². The van der Waals surface area contributed by atoms with Gasteiger partial charge in [0.15, 0.2) is 0 Å². The number of hydrogen-bond acceptors (Lipinski definition) is 6. The number of amides is 2. The van der Waals surface area contributed by atoms with Gasteiger partial charge in [-0.3, -0.25) is 9.59 Å². The van der Waals surface area contributed by atoms with Crippen molar-refractivity contribution in [3.63, 3.8) is 0 Å². The number of carbonyl (C=O) groups excluding carboxylic acids is 2. The highest BCUT2D eigenvalue weighted by Gasteiger charge is 2.34. The number of sulfonamides is 1. The normalized spacial score (nSPS) is 21.8. The zero-order valence-corrected chi connectivity index (χ0v) is 18.8. The van der Waals surface area contributed by atoms with E-state index in [1.807, 2.05) is 0 Å². The van der Waals surface area contributed by atoms with Crippen molar-refractivity contribution in [2.75, 3.05) is 30.3 Å². The van der Waals surface area contributed by atoms with E-state index >= 15 is 0 Å². The van der Waals surface area contributed by atoms with Crippen molar-refractivity contribution in [2.24, 2.45) is 0 Å². The summed E-state index contributed by atoms with van der Waals surface area (Å²) in [5, 5.41) is 3.08. The molecule has 2 aliphatic heterocycles. The van der Waals surface area contributed by atoms with Gasteiger partial charge in [-0.05, 0) is 31.7 Å². The minimum absolute atomic E-state index is 0.0527. The van der Waals surface area contributed by atoms with Crippen LogP contribution in [0.1, 0.15) is 51.4 Å². The molecule has 7 nitrogen and oxygen atoms in total. The molecule has 1 saturated carbocycles. The zero-order chi connectivity index (χ0) is 20.4. The fourth-order valence-electron chi connectivity index (χ4n) is 4.17. The first-order valence-electron chi connectivity index (χ1n) is 10.3. The Morgan fingerprint density at radius 3 is 2.48 bits per heavy atom. The van der Waals surface area contributed by atoms with Crippen LogP contribution >= 0.6 is 23.1 Å². The summed E-state index contributed by atoms with van der Waals surface area (Å²) in [5.74, 6) is -0.0901. The van der Waals surface area contributed by atoms with Crippen LogP contribution in [0, 0.1) is 0 Å². The van der Waals surface area contributed by atoms with Gasteiger partial charge in [0.05, 0.1) is 15.6 Å². The summed E-state index contributed by atoms with van der Waals surface area (Å²) in [6, 6.07) is 1.75. The number of nitrogens with zero attached hydrogens (tertiary/aromatic N) is 2. The number of rotatable bonds is 5. The molecular weight excluding hydrogens is 430 g/mol. The Labute approximate surface area is 180 Å². The molecule has 10 heteroatoms. The Kier molecular flexibility index (Phi) is 6.53. The van der Waals surface area contributed by atoms with E-state index in [-0.39, 0.29) is 34.4 Å². The fourth-order valence-corrected chi connectivity index (χ4v) is 8.61. The van der Waals surface area contributed by atoms with E-state index < -0.39 is 10.0 Å². The van der Waals surface area contributed by atoms with Gasteiger partial charge < -0.3 is 10.2 Å². The van der Waals surface area contributed by atoms with Gasteiger partial charge in [-0.2, -0.15) is 4.31 Å². The van der Waals surface area contributed by atoms with Gasteiger partial charge >= 0.3 is 0 Å². The average Bonchev–Trinajstić information content (AvgIpc) is 3.31. The largest absolute Gasteiger partial charge is 0.352 e. The number of nitrogens with one attached hydrogen (secondary N) is 1. The lowest BCUT2D eigenvalue weighted by atomic mass is 10.1. The molecular formula is C19H27N3O4S3. The Balaban J connectivity index is 1.50. The van der Waals surface area contributed by atoms with Gasteiger partial charge in [-0.25, -0.2) is 8.42 Å². The summed E-state index contributed by atoms with van der Waals surface area (Å²) in [4.78, 5) is 26.6. The third kappa shape index (κ3) is 4.65. The topological polar surface area (TPSA) is 86.8 Å². The van der Waals surface area contributed by atoms with E-state index in [1.165, 1.54) is 45.1 Å². The molecule has 0 spiro atoms. The van der Waals surface area contributed by atoms with Crippen LogP contribution in [0.25, 0.3) is 0 Å². The molecule has 3 aliphatic rings. The first kappa shape index (κ1) is 21.1.